The molecule has 98 valence electrons. The predicted molar refractivity (Wildman–Crippen MR) is 71.4 cm³/mol. The van der Waals surface area contributed by atoms with E-state index in [1.54, 1.807) is 6.07 Å². The Morgan fingerprint density at radius 2 is 2.22 bits per heavy atom. The van der Waals surface area contributed by atoms with Crippen molar-refractivity contribution in [1.29, 1.82) is 0 Å². The highest BCUT2D eigenvalue weighted by Gasteiger charge is 2.31. The number of halogens is 1. The van der Waals surface area contributed by atoms with Gasteiger partial charge < -0.3 is 20.9 Å². The Hall–Kier alpha value is -1.46. The first-order valence-electron chi connectivity index (χ1n) is 5.83. The van der Waals surface area contributed by atoms with Gasteiger partial charge in [0.15, 0.2) is 5.84 Å². The Kier molecular flexibility index (Phi) is 3.93. The van der Waals surface area contributed by atoms with Crippen molar-refractivity contribution in [2.45, 2.75) is 18.9 Å². The summed E-state index contributed by atoms with van der Waals surface area (Å²) in [5.41, 5.74) is 6.99. The summed E-state index contributed by atoms with van der Waals surface area (Å²) in [5, 5.41) is 21.4. The summed E-state index contributed by atoms with van der Waals surface area (Å²) in [6.45, 7) is 0.565. The van der Waals surface area contributed by atoms with Crippen LogP contribution < -0.4 is 10.6 Å². The maximum absolute atomic E-state index is 9.15. The molecule has 1 saturated carbocycles. The van der Waals surface area contributed by atoms with E-state index in [2.05, 4.69) is 10.1 Å². The third kappa shape index (κ3) is 2.52. The van der Waals surface area contributed by atoms with Crippen LogP contribution in [0, 0.1) is 0 Å². The number of anilines is 1. The van der Waals surface area contributed by atoms with Crippen LogP contribution in [0.2, 0.25) is 5.02 Å². The van der Waals surface area contributed by atoms with Gasteiger partial charge in [-0.15, -0.1) is 0 Å². The highest BCUT2D eigenvalue weighted by molar-refractivity contribution is 6.34. The largest absolute Gasteiger partial charge is 0.409 e. The molecular formula is C12H16ClN3O2. The van der Waals surface area contributed by atoms with Crippen molar-refractivity contribution in [2.75, 3.05) is 18.1 Å². The summed E-state index contributed by atoms with van der Waals surface area (Å²) < 4.78 is 0. The van der Waals surface area contributed by atoms with Gasteiger partial charge in [-0.05, 0) is 25.0 Å². The summed E-state index contributed by atoms with van der Waals surface area (Å²) in [7, 11) is 0. The lowest BCUT2D eigenvalue weighted by Gasteiger charge is -2.26. The molecule has 0 saturated heterocycles. The number of rotatable bonds is 5. The molecule has 2 rings (SSSR count). The highest BCUT2D eigenvalue weighted by Crippen LogP contribution is 2.35. The molecule has 6 heteroatoms. The maximum atomic E-state index is 9.15. The quantitative estimate of drug-likeness (QED) is 0.327. The van der Waals surface area contributed by atoms with Crippen molar-refractivity contribution in [3.8, 4) is 0 Å². The molecule has 18 heavy (non-hydrogen) atoms. The predicted octanol–water partition coefficient (Wildman–Crippen LogP) is 1.40. The number of amidine groups is 1. The number of oxime groups is 1. The van der Waals surface area contributed by atoms with Gasteiger partial charge in [-0.25, -0.2) is 0 Å². The summed E-state index contributed by atoms with van der Waals surface area (Å²) in [4.78, 5) is 2.05. The number of hydrogen-bond donors (Lipinski definition) is 3. The van der Waals surface area contributed by atoms with Gasteiger partial charge >= 0.3 is 0 Å². The Morgan fingerprint density at radius 3 is 2.78 bits per heavy atom. The zero-order valence-electron chi connectivity index (χ0n) is 9.88. The number of benzene rings is 1. The van der Waals surface area contributed by atoms with Crippen LogP contribution in [0.3, 0.4) is 0 Å². The molecule has 0 aliphatic heterocycles. The average molecular weight is 270 g/mol. The van der Waals surface area contributed by atoms with Crippen molar-refractivity contribution < 1.29 is 10.3 Å². The minimum atomic E-state index is -0.0146. The molecule has 0 bridgehead atoms. The second-order valence-corrected chi connectivity index (χ2v) is 4.67. The monoisotopic (exact) mass is 269 g/mol. The molecular weight excluding hydrogens is 254 g/mol. The summed E-state index contributed by atoms with van der Waals surface area (Å²) in [6, 6.07) is 5.79. The van der Waals surface area contributed by atoms with Crippen LogP contribution in [-0.4, -0.2) is 35.3 Å². The number of aliphatic hydroxyl groups excluding tert-OH is 1. The summed E-state index contributed by atoms with van der Waals surface area (Å²) in [6.07, 6.45) is 2.17. The molecule has 0 amide bonds. The molecule has 1 aliphatic carbocycles. The Bertz CT molecular complexity index is 461. The molecule has 1 aromatic carbocycles. The molecule has 0 radical (unpaired) electrons. The first kappa shape index (κ1) is 13.0. The van der Waals surface area contributed by atoms with Crippen LogP contribution in [0.4, 0.5) is 5.69 Å². The molecule has 0 atom stereocenters. The number of nitrogens with two attached hydrogens (primary N) is 1. The molecule has 5 nitrogen and oxygen atoms in total. The Morgan fingerprint density at radius 1 is 1.50 bits per heavy atom. The van der Waals surface area contributed by atoms with Gasteiger partial charge in [-0.3, -0.25) is 0 Å². The smallest absolute Gasteiger partial charge is 0.173 e. The van der Waals surface area contributed by atoms with E-state index in [4.69, 9.17) is 27.6 Å². The zero-order valence-corrected chi connectivity index (χ0v) is 10.6. The number of aliphatic hydroxyl groups is 1. The van der Waals surface area contributed by atoms with Crippen LogP contribution in [0.15, 0.2) is 23.4 Å². The standard InChI is InChI=1S/C12H16ClN3O2/c13-9-2-1-3-10(11(9)12(14)15-18)16(6-7-17)8-4-5-8/h1-3,8,17-18H,4-7H2,(H2,14,15). The molecule has 0 unspecified atom stereocenters. The molecule has 4 N–H and O–H groups in total. The van der Waals surface area contributed by atoms with Crippen LogP contribution in [0.5, 0.6) is 0 Å². The first-order chi connectivity index (χ1) is 8.69. The Balaban J connectivity index is 2.44. The molecule has 1 aromatic rings. The van der Waals surface area contributed by atoms with E-state index in [0.29, 0.717) is 23.2 Å². The van der Waals surface area contributed by atoms with Crippen LogP contribution in [0.1, 0.15) is 18.4 Å². The van der Waals surface area contributed by atoms with E-state index in [-0.39, 0.29) is 12.4 Å². The fraction of sp³-hybridized carbons (Fsp3) is 0.417. The normalized spacial score (nSPS) is 15.8. The van der Waals surface area contributed by atoms with Crippen molar-refractivity contribution >= 4 is 23.1 Å². The van der Waals surface area contributed by atoms with Crippen LogP contribution >= 0.6 is 11.6 Å². The van der Waals surface area contributed by atoms with Gasteiger partial charge in [-0.2, -0.15) is 0 Å². The molecule has 0 aromatic heterocycles. The number of hydrogen-bond acceptors (Lipinski definition) is 4. The van der Waals surface area contributed by atoms with Crippen molar-refractivity contribution in [3.63, 3.8) is 0 Å². The minimum absolute atomic E-state index is 0.0146. The van der Waals surface area contributed by atoms with Gasteiger partial charge in [0.25, 0.3) is 0 Å². The first-order valence-corrected chi connectivity index (χ1v) is 6.20. The van der Waals surface area contributed by atoms with Gasteiger partial charge in [-0.1, -0.05) is 22.8 Å². The van der Waals surface area contributed by atoms with E-state index in [1.165, 1.54) is 0 Å². The van der Waals surface area contributed by atoms with E-state index in [9.17, 15) is 0 Å². The molecule has 1 aliphatic rings. The van der Waals surface area contributed by atoms with Gasteiger partial charge in [0.05, 0.1) is 17.2 Å². The third-order valence-electron chi connectivity index (χ3n) is 2.99. The fourth-order valence-electron chi connectivity index (χ4n) is 2.05. The zero-order chi connectivity index (χ0) is 13.1. The number of nitrogens with zero attached hydrogens (tertiary/aromatic N) is 2. The lowest BCUT2D eigenvalue weighted by molar-refractivity contribution is 0.301. The van der Waals surface area contributed by atoms with Gasteiger partial charge in [0, 0.05) is 18.3 Å². The summed E-state index contributed by atoms with van der Waals surface area (Å²) in [5.74, 6) is -0.0146. The second kappa shape index (κ2) is 5.46. The highest BCUT2D eigenvalue weighted by atomic mass is 35.5. The Labute approximate surface area is 110 Å². The molecule has 0 spiro atoms. The second-order valence-electron chi connectivity index (χ2n) is 4.27. The topological polar surface area (TPSA) is 82.1 Å². The lowest BCUT2D eigenvalue weighted by atomic mass is 10.1. The van der Waals surface area contributed by atoms with Crippen molar-refractivity contribution in [3.05, 3.63) is 28.8 Å². The minimum Gasteiger partial charge on any atom is -0.409 e. The van der Waals surface area contributed by atoms with E-state index >= 15 is 0 Å². The van der Waals surface area contributed by atoms with Crippen molar-refractivity contribution in [2.24, 2.45) is 10.9 Å². The molecule has 0 heterocycles. The molecule has 1 fully saturated rings. The third-order valence-corrected chi connectivity index (χ3v) is 3.31. The average Bonchev–Trinajstić information content (AvgIpc) is 3.19. The maximum Gasteiger partial charge on any atom is 0.173 e. The van der Waals surface area contributed by atoms with E-state index < -0.39 is 0 Å². The van der Waals surface area contributed by atoms with Crippen molar-refractivity contribution in [1.82, 2.24) is 0 Å². The van der Waals surface area contributed by atoms with Gasteiger partial charge in [0.2, 0.25) is 0 Å². The SMILES string of the molecule is NC(=NO)c1c(Cl)cccc1N(CCO)C1CC1. The summed E-state index contributed by atoms with van der Waals surface area (Å²) >= 11 is 6.11. The van der Waals surface area contributed by atoms with E-state index in [1.807, 2.05) is 12.1 Å². The van der Waals surface area contributed by atoms with Crippen LogP contribution in [0.25, 0.3) is 0 Å². The van der Waals surface area contributed by atoms with E-state index in [0.717, 1.165) is 18.5 Å². The fourth-order valence-corrected chi connectivity index (χ4v) is 2.32. The van der Waals surface area contributed by atoms with Crippen LogP contribution in [-0.2, 0) is 0 Å². The van der Waals surface area contributed by atoms with Gasteiger partial charge in [0.1, 0.15) is 0 Å². The lowest BCUT2D eigenvalue weighted by Crippen LogP contribution is -2.31.